The fourth-order valence-corrected chi connectivity index (χ4v) is 2.55. The fourth-order valence-electron chi connectivity index (χ4n) is 2.33. The predicted molar refractivity (Wildman–Crippen MR) is 91.0 cm³/mol. The molecule has 128 valence electrons. The van der Waals surface area contributed by atoms with E-state index in [0.29, 0.717) is 22.8 Å². The van der Waals surface area contributed by atoms with Crippen molar-refractivity contribution in [2.45, 2.75) is 33.2 Å². The number of halogens is 1. The highest BCUT2D eigenvalue weighted by Gasteiger charge is 2.27. The first-order valence-corrected chi connectivity index (χ1v) is 8.02. The minimum absolute atomic E-state index is 0.0784. The molecule has 3 N–H and O–H groups in total. The number of carbonyl (C=O) groups excluding carboxylic acids is 2. The Morgan fingerprint density at radius 1 is 1.38 bits per heavy atom. The first-order chi connectivity index (χ1) is 11.4. The number of rotatable bonds is 6. The summed E-state index contributed by atoms with van der Waals surface area (Å²) in [5.74, 6) is -1.14. The molecule has 0 fully saturated rings. The Bertz CT molecular complexity index is 759. The van der Waals surface area contributed by atoms with Crippen LogP contribution in [0.2, 0.25) is 5.02 Å². The van der Waals surface area contributed by atoms with Crippen molar-refractivity contribution < 1.29 is 9.59 Å². The average Bonchev–Trinajstić information content (AvgIpc) is 2.93. The van der Waals surface area contributed by atoms with Gasteiger partial charge in [0.2, 0.25) is 5.91 Å². The van der Waals surface area contributed by atoms with Crippen LogP contribution >= 0.6 is 11.6 Å². The first-order valence-electron chi connectivity index (χ1n) is 7.64. The molecule has 0 aliphatic rings. The van der Waals surface area contributed by atoms with Crippen molar-refractivity contribution in [1.29, 1.82) is 0 Å². The number of nitrogens with zero attached hydrogens (tertiary/aromatic N) is 3. The summed E-state index contributed by atoms with van der Waals surface area (Å²) in [7, 11) is 0. The number of primary amides is 1. The highest BCUT2D eigenvalue weighted by atomic mass is 35.5. The monoisotopic (exact) mass is 349 g/mol. The van der Waals surface area contributed by atoms with Crippen LogP contribution in [0.1, 0.15) is 36.5 Å². The second kappa shape index (κ2) is 7.44. The predicted octanol–water partition coefficient (Wildman–Crippen LogP) is 1.86. The van der Waals surface area contributed by atoms with E-state index in [9.17, 15) is 9.59 Å². The molecular formula is C16H20ClN5O2. The summed E-state index contributed by atoms with van der Waals surface area (Å²) in [5, 5.41) is 11.0. The third-order valence-corrected chi connectivity index (χ3v) is 4.32. The Kier molecular flexibility index (Phi) is 5.56. The number of amides is 2. The summed E-state index contributed by atoms with van der Waals surface area (Å²) in [5.41, 5.74) is 6.65. The minimum atomic E-state index is -0.757. The summed E-state index contributed by atoms with van der Waals surface area (Å²) >= 11 is 6.16. The Morgan fingerprint density at radius 3 is 2.62 bits per heavy atom. The average molecular weight is 350 g/mol. The van der Waals surface area contributed by atoms with Gasteiger partial charge in [0.25, 0.3) is 5.91 Å². The zero-order valence-electron chi connectivity index (χ0n) is 13.8. The molecule has 1 heterocycles. The van der Waals surface area contributed by atoms with Gasteiger partial charge >= 0.3 is 0 Å². The van der Waals surface area contributed by atoms with Gasteiger partial charge < -0.3 is 11.1 Å². The van der Waals surface area contributed by atoms with Gasteiger partial charge in [0, 0.05) is 0 Å². The van der Waals surface area contributed by atoms with Crippen LogP contribution in [-0.2, 0) is 4.79 Å². The van der Waals surface area contributed by atoms with E-state index in [1.54, 1.807) is 25.1 Å². The molecule has 1 aromatic heterocycles. The van der Waals surface area contributed by atoms with Crippen LogP contribution in [0.25, 0.3) is 5.69 Å². The Morgan fingerprint density at radius 2 is 2.04 bits per heavy atom. The molecule has 7 nitrogen and oxygen atoms in total. The smallest absolute Gasteiger partial charge is 0.274 e. The van der Waals surface area contributed by atoms with Crippen molar-refractivity contribution >= 4 is 23.4 Å². The molecule has 0 radical (unpaired) electrons. The number of aromatic nitrogens is 3. The van der Waals surface area contributed by atoms with Crippen LogP contribution in [0, 0.1) is 12.8 Å². The van der Waals surface area contributed by atoms with E-state index in [1.807, 2.05) is 19.9 Å². The van der Waals surface area contributed by atoms with Crippen molar-refractivity contribution in [3.8, 4) is 5.69 Å². The zero-order chi connectivity index (χ0) is 17.9. The van der Waals surface area contributed by atoms with E-state index in [0.717, 1.165) is 0 Å². The van der Waals surface area contributed by atoms with Crippen LogP contribution in [0.15, 0.2) is 24.3 Å². The molecule has 0 saturated heterocycles. The van der Waals surface area contributed by atoms with Crippen molar-refractivity contribution in [3.63, 3.8) is 0 Å². The molecule has 2 amide bonds. The zero-order valence-corrected chi connectivity index (χ0v) is 14.5. The van der Waals surface area contributed by atoms with Crippen LogP contribution < -0.4 is 11.1 Å². The van der Waals surface area contributed by atoms with Crippen LogP contribution in [-0.4, -0.2) is 32.9 Å². The highest BCUT2D eigenvalue weighted by Crippen LogP contribution is 2.21. The number of benzene rings is 1. The Labute approximate surface area is 145 Å². The summed E-state index contributed by atoms with van der Waals surface area (Å²) in [6.07, 6.45) is 0.708. The molecule has 1 aromatic carbocycles. The van der Waals surface area contributed by atoms with E-state index >= 15 is 0 Å². The van der Waals surface area contributed by atoms with E-state index in [-0.39, 0.29) is 11.6 Å². The number of para-hydroxylation sites is 1. The summed E-state index contributed by atoms with van der Waals surface area (Å²) in [6, 6.07) is 6.36. The van der Waals surface area contributed by atoms with Crippen molar-refractivity contribution in [1.82, 2.24) is 20.3 Å². The lowest BCUT2D eigenvalue weighted by Gasteiger charge is -2.20. The second-order valence-corrected chi connectivity index (χ2v) is 6.03. The van der Waals surface area contributed by atoms with Gasteiger partial charge in [0.05, 0.1) is 16.4 Å². The highest BCUT2D eigenvalue weighted by molar-refractivity contribution is 6.32. The number of nitrogens with one attached hydrogen (secondary N) is 1. The van der Waals surface area contributed by atoms with Crippen molar-refractivity contribution in [2.75, 3.05) is 0 Å². The van der Waals surface area contributed by atoms with Crippen LogP contribution in [0.3, 0.4) is 0 Å². The largest absolute Gasteiger partial charge is 0.368 e. The molecule has 24 heavy (non-hydrogen) atoms. The van der Waals surface area contributed by atoms with Crippen LogP contribution in [0.5, 0.6) is 0 Å². The van der Waals surface area contributed by atoms with E-state index in [4.69, 9.17) is 17.3 Å². The molecule has 2 unspecified atom stereocenters. The summed E-state index contributed by atoms with van der Waals surface area (Å²) in [6.45, 7) is 5.48. The van der Waals surface area contributed by atoms with Gasteiger partial charge in [-0.3, -0.25) is 9.59 Å². The maximum absolute atomic E-state index is 12.5. The van der Waals surface area contributed by atoms with Gasteiger partial charge in [0.1, 0.15) is 6.04 Å². The minimum Gasteiger partial charge on any atom is -0.368 e. The molecule has 0 aliphatic heterocycles. The molecule has 0 saturated carbocycles. The van der Waals surface area contributed by atoms with Crippen molar-refractivity contribution in [3.05, 3.63) is 40.7 Å². The second-order valence-electron chi connectivity index (χ2n) is 5.63. The molecular weight excluding hydrogens is 330 g/mol. The SMILES string of the molecule is CCC(C)C(NC(=O)c1nnn(-c2ccccc2Cl)c1C)C(N)=O. The summed E-state index contributed by atoms with van der Waals surface area (Å²) in [4.78, 5) is 24.0. The maximum atomic E-state index is 12.5. The standard InChI is InChI=1S/C16H20ClN5O2/c1-4-9(2)13(15(18)23)19-16(24)14-10(3)22(21-20-14)12-8-6-5-7-11(12)17/h5-9,13H,4H2,1-3H3,(H2,18,23)(H,19,24). The number of hydrogen-bond donors (Lipinski definition) is 2. The van der Waals surface area contributed by atoms with Crippen molar-refractivity contribution in [2.24, 2.45) is 11.7 Å². The molecule has 2 aromatic rings. The lowest BCUT2D eigenvalue weighted by Crippen LogP contribution is -2.48. The third kappa shape index (κ3) is 3.56. The molecule has 0 bridgehead atoms. The molecule has 2 rings (SSSR count). The lowest BCUT2D eigenvalue weighted by atomic mass is 9.98. The van der Waals surface area contributed by atoms with Gasteiger partial charge in [-0.25, -0.2) is 4.68 Å². The van der Waals surface area contributed by atoms with Gasteiger partial charge in [-0.1, -0.05) is 49.2 Å². The van der Waals surface area contributed by atoms with Gasteiger partial charge in [-0.05, 0) is 25.0 Å². The van der Waals surface area contributed by atoms with E-state index in [1.165, 1.54) is 4.68 Å². The third-order valence-electron chi connectivity index (χ3n) is 4.00. The molecule has 0 aliphatic carbocycles. The Hall–Kier alpha value is -2.41. The quantitative estimate of drug-likeness (QED) is 0.830. The van der Waals surface area contributed by atoms with Gasteiger partial charge in [-0.15, -0.1) is 5.10 Å². The Balaban J connectivity index is 2.29. The maximum Gasteiger partial charge on any atom is 0.274 e. The fraction of sp³-hybridized carbons (Fsp3) is 0.375. The molecule has 8 heteroatoms. The van der Waals surface area contributed by atoms with Gasteiger partial charge in [0.15, 0.2) is 5.69 Å². The van der Waals surface area contributed by atoms with Gasteiger partial charge in [-0.2, -0.15) is 0 Å². The first kappa shape index (κ1) is 17.9. The molecule has 0 spiro atoms. The normalized spacial score (nSPS) is 13.3. The van der Waals surface area contributed by atoms with E-state index in [2.05, 4.69) is 15.6 Å². The number of carbonyl (C=O) groups is 2. The van der Waals surface area contributed by atoms with E-state index < -0.39 is 17.9 Å². The summed E-state index contributed by atoms with van der Waals surface area (Å²) < 4.78 is 1.49. The topological polar surface area (TPSA) is 103 Å². The number of hydrogen-bond acceptors (Lipinski definition) is 4. The number of nitrogens with two attached hydrogens (primary N) is 1. The van der Waals surface area contributed by atoms with Crippen LogP contribution in [0.4, 0.5) is 0 Å². The molecule has 2 atom stereocenters. The lowest BCUT2D eigenvalue weighted by molar-refractivity contribution is -0.120.